The van der Waals surface area contributed by atoms with Gasteiger partial charge in [0.1, 0.15) is 5.01 Å². The number of aryl methyl sites for hydroxylation is 1. The fraction of sp³-hybridized carbons (Fsp3) is 0.800. The largest absolute Gasteiger partial charge is 0.358 e. The molecule has 4 heteroatoms. The van der Waals surface area contributed by atoms with Gasteiger partial charge in [-0.25, -0.2) is 0 Å². The van der Waals surface area contributed by atoms with Crippen LogP contribution in [0.1, 0.15) is 45.0 Å². The summed E-state index contributed by atoms with van der Waals surface area (Å²) in [6.45, 7) is 6.51. The molecule has 1 heterocycles. The van der Waals surface area contributed by atoms with Crippen LogP contribution in [0.15, 0.2) is 0 Å². The maximum atomic E-state index is 4.09. The lowest BCUT2D eigenvalue weighted by Crippen LogP contribution is -2.14. The first-order valence-electron chi connectivity index (χ1n) is 5.35. The summed E-state index contributed by atoms with van der Waals surface area (Å²) in [7, 11) is 0. The molecule has 1 unspecified atom stereocenters. The molecule has 0 fully saturated rings. The topological polar surface area (TPSA) is 37.8 Å². The molecule has 0 bridgehead atoms. The van der Waals surface area contributed by atoms with Gasteiger partial charge in [0.05, 0.1) is 0 Å². The van der Waals surface area contributed by atoms with E-state index in [2.05, 4.69) is 36.3 Å². The molecule has 0 saturated carbocycles. The number of unbranched alkanes of at least 4 members (excludes halogenated alkanes) is 1. The third-order valence-corrected chi connectivity index (χ3v) is 3.13. The molecular weight excluding hydrogens is 194 g/mol. The normalized spacial score (nSPS) is 12.8. The van der Waals surface area contributed by atoms with E-state index in [0.717, 1.165) is 16.6 Å². The van der Waals surface area contributed by atoms with Gasteiger partial charge in [-0.15, -0.1) is 10.2 Å². The Labute approximate surface area is 89.9 Å². The van der Waals surface area contributed by atoms with Gasteiger partial charge in [0.25, 0.3) is 0 Å². The second-order valence-corrected chi connectivity index (χ2v) is 4.60. The second-order valence-electron chi connectivity index (χ2n) is 3.54. The lowest BCUT2D eigenvalue weighted by atomic mass is 10.1. The summed E-state index contributed by atoms with van der Waals surface area (Å²) < 4.78 is 0. The minimum atomic E-state index is 0.507. The molecule has 1 atom stereocenters. The maximum absolute atomic E-state index is 4.09. The van der Waals surface area contributed by atoms with Gasteiger partial charge in [0.15, 0.2) is 0 Å². The van der Waals surface area contributed by atoms with E-state index in [4.69, 9.17) is 0 Å². The molecule has 3 nitrogen and oxygen atoms in total. The van der Waals surface area contributed by atoms with Gasteiger partial charge in [-0.3, -0.25) is 0 Å². The lowest BCUT2D eigenvalue weighted by Gasteiger charge is -2.10. The summed E-state index contributed by atoms with van der Waals surface area (Å²) >= 11 is 1.66. The second kappa shape index (κ2) is 5.96. The van der Waals surface area contributed by atoms with Crippen LogP contribution in [-0.2, 0) is 6.42 Å². The predicted molar refractivity (Wildman–Crippen MR) is 61.9 cm³/mol. The zero-order chi connectivity index (χ0) is 10.4. The number of hydrogen-bond donors (Lipinski definition) is 1. The fourth-order valence-electron chi connectivity index (χ4n) is 1.25. The van der Waals surface area contributed by atoms with Crippen LogP contribution in [0.5, 0.6) is 0 Å². The van der Waals surface area contributed by atoms with E-state index in [-0.39, 0.29) is 0 Å². The Bertz CT molecular complexity index is 260. The van der Waals surface area contributed by atoms with Crippen molar-refractivity contribution in [3.8, 4) is 0 Å². The Morgan fingerprint density at radius 3 is 2.71 bits per heavy atom. The monoisotopic (exact) mass is 213 g/mol. The molecule has 0 saturated heterocycles. The highest BCUT2D eigenvalue weighted by Gasteiger charge is 2.05. The molecule has 1 rings (SSSR count). The number of nitrogens with one attached hydrogen (secondary N) is 1. The van der Waals surface area contributed by atoms with Gasteiger partial charge < -0.3 is 5.32 Å². The molecule has 0 aliphatic heterocycles. The zero-order valence-corrected chi connectivity index (χ0v) is 10.0. The van der Waals surface area contributed by atoms with E-state index in [1.54, 1.807) is 11.3 Å². The molecule has 0 radical (unpaired) electrons. The molecule has 1 aromatic heterocycles. The number of nitrogens with zero attached hydrogens (tertiary/aromatic N) is 2. The Hall–Kier alpha value is -0.640. The summed E-state index contributed by atoms with van der Waals surface area (Å²) in [6, 6.07) is 0.507. The number of aromatic nitrogens is 2. The van der Waals surface area contributed by atoms with Crippen molar-refractivity contribution in [2.75, 3.05) is 5.32 Å². The third kappa shape index (κ3) is 3.62. The van der Waals surface area contributed by atoms with Gasteiger partial charge in [-0.1, -0.05) is 38.0 Å². The van der Waals surface area contributed by atoms with Crippen molar-refractivity contribution in [2.45, 2.75) is 52.5 Å². The van der Waals surface area contributed by atoms with Crippen molar-refractivity contribution in [3.63, 3.8) is 0 Å². The Morgan fingerprint density at radius 2 is 2.14 bits per heavy atom. The van der Waals surface area contributed by atoms with Gasteiger partial charge >= 0.3 is 0 Å². The van der Waals surface area contributed by atoms with Crippen molar-refractivity contribution in [2.24, 2.45) is 0 Å². The first-order chi connectivity index (χ1) is 6.76. The van der Waals surface area contributed by atoms with Crippen molar-refractivity contribution in [3.05, 3.63) is 5.01 Å². The molecule has 0 aromatic carbocycles. The van der Waals surface area contributed by atoms with Crippen molar-refractivity contribution in [1.82, 2.24) is 10.2 Å². The van der Waals surface area contributed by atoms with Crippen LogP contribution in [0.25, 0.3) is 0 Å². The Morgan fingerprint density at radius 1 is 1.36 bits per heavy atom. The van der Waals surface area contributed by atoms with Crippen molar-refractivity contribution in [1.29, 1.82) is 0 Å². The van der Waals surface area contributed by atoms with Gasteiger partial charge in [-0.2, -0.15) is 0 Å². The average molecular weight is 213 g/mol. The molecule has 1 aromatic rings. The van der Waals surface area contributed by atoms with Crippen LogP contribution < -0.4 is 5.32 Å². The van der Waals surface area contributed by atoms with E-state index in [0.29, 0.717) is 6.04 Å². The molecule has 1 N–H and O–H groups in total. The van der Waals surface area contributed by atoms with E-state index in [1.807, 2.05) is 0 Å². The molecule has 0 spiro atoms. The number of anilines is 1. The van der Waals surface area contributed by atoms with Crippen LogP contribution in [0.3, 0.4) is 0 Å². The summed E-state index contributed by atoms with van der Waals surface area (Å²) in [6.07, 6.45) is 4.70. The summed E-state index contributed by atoms with van der Waals surface area (Å²) in [4.78, 5) is 0. The van der Waals surface area contributed by atoms with Crippen LogP contribution in [0, 0.1) is 0 Å². The first kappa shape index (κ1) is 11.4. The van der Waals surface area contributed by atoms with Gasteiger partial charge in [-0.05, 0) is 19.8 Å². The molecule has 0 aliphatic carbocycles. The molecule has 0 amide bonds. The standard InChI is InChI=1S/C10H19N3S/c1-4-6-7-8(3)11-10-13-12-9(5-2)14-10/h8H,4-7H2,1-3H3,(H,11,13). The molecule has 80 valence electrons. The summed E-state index contributed by atoms with van der Waals surface area (Å²) in [5.41, 5.74) is 0. The highest BCUT2D eigenvalue weighted by molar-refractivity contribution is 7.15. The quantitative estimate of drug-likeness (QED) is 0.789. The Kier molecular flexibility index (Phi) is 4.87. The maximum Gasteiger partial charge on any atom is 0.205 e. The molecule has 14 heavy (non-hydrogen) atoms. The summed E-state index contributed by atoms with van der Waals surface area (Å²) in [5.74, 6) is 0. The Balaban J connectivity index is 2.35. The smallest absolute Gasteiger partial charge is 0.205 e. The number of hydrogen-bond acceptors (Lipinski definition) is 4. The van der Waals surface area contributed by atoms with Gasteiger partial charge in [0.2, 0.25) is 5.13 Å². The third-order valence-electron chi connectivity index (χ3n) is 2.13. The average Bonchev–Trinajstić information content (AvgIpc) is 2.62. The highest BCUT2D eigenvalue weighted by atomic mass is 32.1. The molecular formula is C10H19N3S. The van der Waals surface area contributed by atoms with Crippen LogP contribution in [0.2, 0.25) is 0 Å². The summed E-state index contributed by atoms with van der Waals surface area (Å²) in [5, 5.41) is 13.6. The lowest BCUT2D eigenvalue weighted by molar-refractivity contribution is 0.644. The highest BCUT2D eigenvalue weighted by Crippen LogP contribution is 2.17. The SMILES string of the molecule is CCCCC(C)Nc1nnc(CC)s1. The minimum absolute atomic E-state index is 0.507. The predicted octanol–water partition coefficient (Wildman–Crippen LogP) is 3.09. The van der Waals surface area contributed by atoms with Crippen LogP contribution in [0.4, 0.5) is 5.13 Å². The number of rotatable bonds is 6. The van der Waals surface area contributed by atoms with Crippen LogP contribution in [-0.4, -0.2) is 16.2 Å². The van der Waals surface area contributed by atoms with Crippen molar-refractivity contribution < 1.29 is 0 Å². The van der Waals surface area contributed by atoms with Crippen LogP contribution >= 0.6 is 11.3 Å². The zero-order valence-electron chi connectivity index (χ0n) is 9.21. The molecule has 0 aliphatic rings. The van der Waals surface area contributed by atoms with Crippen molar-refractivity contribution >= 4 is 16.5 Å². The van der Waals surface area contributed by atoms with E-state index in [1.165, 1.54) is 19.3 Å². The first-order valence-corrected chi connectivity index (χ1v) is 6.16. The van der Waals surface area contributed by atoms with E-state index < -0.39 is 0 Å². The van der Waals surface area contributed by atoms with E-state index >= 15 is 0 Å². The minimum Gasteiger partial charge on any atom is -0.358 e. The fourth-order valence-corrected chi connectivity index (χ4v) is 2.04. The van der Waals surface area contributed by atoms with Gasteiger partial charge in [0, 0.05) is 6.04 Å². The van der Waals surface area contributed by atoms with E-state index in [9.17, 15) is 0 Å².